The van der Waals surface area contributed by atoms with Gasteiger partial charge in [0.25, 0.3) is 0 Å². The Bertz CT molecular complexity index is 934. The summed E-state index contributed by atoms with van der Waals surface area (Å²) in [7, 11) is 0. The molecule has 182 valence electrons. The summed E-state index contributed by atoms with van der Waals surface area (Å²) in [6.07, 6.45) is 3.55. The van der Waals surface area contributed by atoms with E-state index in [0.29, 0.717) is 22.6 Å². The minimum atomic E-state index is -0.581. The molecule has 0 saturated carbocycles. The lowest BCUT2D eigenvalue weighted by Gasteiger charge is -2.31. The lowest BCUT2D eigenvalue weighted by molar-refractivity contribution is 0.102. The fourth-order valence-corrected chi connectivity index (χ4v) is 3.74. The fourth-order valence-electron chi connectivity index (χ4n) is 3.44. The van der Waals surface area contributed by atoms with Crippen LogP contribution < -0.4 is 10.1 Å². The Morgan fingerprint density at radius 3 is 1.91 bits per heavy atom. The van der Waals surface area contributed by atoms with Gasteiger partial charge in [0.2, 0.25) is 0 Å². The quantitative estimate of drug-likeness (QED) is 0.375. The number of benzene rings is 2. The molecule has 0 heterocycles. The number of hydrogen-bond acceptors (Lipinski definition) is 3. The van der Waals surface area contributed by atoms with Crippen molar-refractivity contribution in [2.24, 2.45) is 0 Å². The van der Waals surface area contributed by atoms with Crippen LogP contribution in [-0.4, -0.2) is 30.4 Å². The fraction of sp³-hybridized carbons (Fsp3) is 0.500. The van der Waals surface area contributed by atoms with Crippen molar-refractivity contribution in [2.75, 3.05) is 13.2 Å². The predicted octanol–water partition coefficient (Wildman–Crippen LogP) is 7.50. The van der Waals surface area contributed by atoms with E-state index in [1.165, 1.54) is 0 Å². The van der Waals surface area contributed by atoms with Gasteiger partial charge in [-0.05, 0) is 46.2 Å². The first kappa shape index (κ1) is 27.7. The third kappa shape index (κ3) is 8.33. The summed E-state index contributed by atoms with van der Waals surface area (Å²) < 4.78 is 6.32. The number of aliphatic hydroxyl groups excluding tert-OH is 1. The summed E-state index contributed by atoms with van der Waals surface area (Å²) in [5.41, 5.74) is 4.04. The number of rotatable bonds is 8. The van der Waals surface area contributed by atoms with Crippen molar-refractivity contribution in [2.45, 2.75) is 78.4 Å². The third-order valence-electron chi connectivity index (χ3n) is 5.32. The number of hydrogen-bond donors (Lipinski definition) is 2. The van der Waals surface area contributed by atoms with E-state index in [0.717, 1.165) is 28.0 Å². The maximum absolute atomic E-state index is 10.4. The van der Waals surface area contributed by atoms with Crippen molar-refractivity contribution >= 4 is 35.4 Å². The minimum Gasteiger partial charge on any atom is -0.490 e. The summed E-state index contributed by atoms with van der Waals surface area (Å²) >= 11 is 12.2. The number of nitrogens with one attached hydrogen (secondary N) is 1. The second kappa shape index (κ2) is 11.3. The zero-order valence-corrected chi connectivity index (χ0v) is 22.7. The second-order valence-electron chi connectivity index (χ2n) is 11.0. The van der Waals surface area contributed by atoms with E-state index in [2.05, 4.69) is 78.9 Å². The molecule has 2 aromatic rings. The third-order valence-corrected chi connectivity index (χ3v) is 6.06. The molecule has 3 nitrogen and oxygen atoms in total. The van der Waals surface area contributed by atoms with Gasteiger partial charge in [0.15, 0.2) is 0 Å². The van der Waals surface area contributed by atoms with Crippen LogP contribution >= 0.6 is 23.2 Å². The minimum absolute atomic E-state index is 0.135. The molecule has 2 N–H and O–H groups in total. The van der Waals surface area contributed by atoms with E-state index >= 15 is 0 Å². The molecular formula is C28H39Cl2NO2. The van der Waals surface area contributed by atoms with Crippen molar-refractivity contribution in [3.05, 3.63) is 62.6 Å². The molecule has 0 spiro atoms. The summed E-state index contributed by atoms with van der Waals surface area (Å²) in [6.45, 7) is 18.0. The Morgan fingerprint density at radius 1 is 0.879 bits per heavy atom. The first-order valence-corrected chi connectivity index (χ1v) is 12.3. The van der Waals surface area contributed by atoms with E-state index in [4.69, 9.17) is 27.9 Å². The smallest absolute Gasteiger partial charge is 0.126 e. The van der Waals surface area contributed by atoms with Gasteiger partial charge < -0.3 is 15.2 Å². The Hall–Kier alpha value is -1.52. The van der Waals surface area contributed by atoms with E-state index in [9.17, 15) is 5.11 Å². The van der Waals surface area contributed by atoms with Crippen molar-refractivity contribution in [3.8, 4) is 5.75 Å². The molecule has 2 rings (SSSR count). The number of halogens is 2. The standard InChI is InChI=1S/C28H39Cl2NO2/c1-18(2)31-16-21(32)17-33-26-22(27(3,4)5)13-20(14-23(26)28(6,7)8)10-9-19-11-12-24(29)25(30)15-19/h9-15,18,21,31-32H,16-17H2,1-8H3/b10-9+. The van der Waals surface area contributed by atoms with Crippen molar-refractivity contribution in [3.63, 3.8) is 0 Å². The van der Waals surface area contributed by atoms with E-state index < -0.39 is 6.10 Å². The maximum Gasteiger partial charge on any atom is 0.126 e. The first-order chi connectivity index (χ1) is 15.2. The molecule has 2 aromatic carbocycles. The maximum atomic E-state index is 10.4. The highest BCUT2D eigenvalue weighted by atomic mass is 35.5. The highest BCUT2D eigenvalue weighted by Gasteiger charge is 2.28. The normalized spacial score (nSPS) is 13.7. The molecule has 0 fully saturated rings. The van der Waals surface area contributed by atoms with Crippen LogP contribution in [-0.2, 0) is 10.8 Å². The number of aliphatic hydroxyl groups is 1. The largest absolute Gasteiger partial charge is 0.490 e. The van der Waals surface area contributed by atoms with E-state index in [1.54, 1.807) is 6.07 Å². The lowest BCUT2D eigenvalue weighted by Crippen LogP contribution is -2.35. The average molecular weight is 493 g/mol. The van der Waals surface area contributed by atoms with Gasteiger partial charge in [-0.1, -0.05) is 96.8 Å². The molecule has 0 aliphatic rings. The molecule has 1 unspecified atom stereocenters. The van der Waals surface area contributed by atoms with Gasteiger partial charge in [0.1, 0.15) is 18.5 Å². The molecule has 0 bridgehead atoms. The Morgan fingerprint density at radius 2 is 1.42 bits per heavy atom. The molecule has 0 saturated heterocycles. The lowest BCUT2D eigenvalue weighted by atomic mass is 9.78. The topological polar surface area (TPSA) is 41.5 Å². The van der Waals surface area contributed by atoms with E-state index in [-0.39, 0.29) is 17.4 Å². The highest BCUT2D eigenvalue weighted by Crippen LogP contribution is 2.41. The molecule has 5 heteroatoms. The molecule has 0 amide bonds. The van der Waals surface area contributed by atoms with Crippen LogP contribution in [0.5, 0.6) is 5.75 Å². The van der Waals surface area contributed by atoms with Gasteiger partial charge in [0.05, 0.1) is 10.0 Å². The highest BCUT2D eigenvalue weighted by molar-refractivity contribution is 6.42. The van der Waals surface area contributed by atoms with Crippen molar-refractivity contribution in [1.29, 1.82) is 0 Å². The van der Waals surface area contributed by atoms with Crippen LogP contribution in [0, 0.1) is 0 Å². The monoisotopic (exact) mass is 491 g/mol. The second-order valence-corrected chi connectivity index (χ2v) is 11.8. The van der Waals surface area contributed by atoms with Gasteiger partial charge in [-0.25, -0.2) is 0 Å². The van der Waals surface area contributed by atoms with Crippen LogP contribution in [0.15, 0.2) is 30.3 Å². The van der Waals surface area contributed by atoms with Gasteiger partial charge in [0, 0.05) is 23.7 Å². The Balaban J connectivity index is 2.46. The molecule has 0 aliphatic carbocycles. The summed E-state index contributed by atoms with van der Waals surface area (Å²) in [4.78, 5) is 0. The van der Waals surface area contributed by atoms with Gasteiger partial charge in [-0.2, -0.15) is 0 Å². The zero-order valence-electron chi connectivity index (χ0n) is 21.2. The Labute approximate surface area is 210 Å². The molecule has 1 atom stereocenters. The van der Waals surface area contributed by atoms with Crippen LogP contribution in [0.2, 0.25) is 10.0 Å². The molecule has 0 aliphatic heterocycles. The van der Waals surface area contributed by atoms with Gasteiger partial charge in [-0.3, -0.25) is 0 Å². The van der Waals surface area contributed by atoms with Crippen molar-refractivity contribution in [1.82, 2.24) is 5.32 Å². The summed E-state index contributed by atoms with van der Waals surface area (Å²) in [5, 5.41) is 14.8. The summed E-state index contributed by atoms with van der Waals surface area (Å²) in [6, 6.07) is 10.3. The average Bonchev–Trinajstić information content (AvgIpc) is 2.69. The van der Waals surface area contributed by atoms with Crippen LogP contribution in [0.25, 0.3) is 12.2 Å². The summed E-state index contributed by atoms with van der Waals surface area (Å²) in [5.74, 6) is 0.866. The van der Waals surface area contributed by atoms with Gasteiger partial charge in [-0.15, -0.1) is 0 Å². The molecular weight excluding hydrogens is 453 g/mol. The van der Waals surface area contributed by atoms with Crippen molar-refractivity contribution < 1.29 is 9.84 Å². The van der Waals surface area contributed by atoms with Gasteiger partial charge >= 0.3 is 0 Å². The van der Waals surface area contributed by atoms with Crippen LogP contribution in [0.3, 0.4) is 0 Å². The molecule has 0 radical (unpaired) electrons. The SMILES string of the molecule is CC(C)NCC(O)COc1c(C(C)(C)C)cc(/C=C/c2ccc(Cl)c(Cl)c2)cc1C(C)(C)C. The Kier molecular flexibility index (Phi) is 9.47. The van der Waals surface area contributed by atoms with E-state index in [1.807, 2.05) is 18.2 Å². The zero-order chi connectivity index (χ0) is 25.0. The van der Waals surface area contributed by atoms with Crippen LogP contribution in [0.1, 0.15) is 77.6 Å². The molecule has 33 heavy (non-hydrogen) atoms. The predicted molar refractivity (Wildman–Crippen MR) is 144 cm³/mol. The number of ether oxygens (including phenoxy) is 1. The molecule has 0 aromatic heterocycles. The first-order valence-electron chi connectivity index (χ1n) is 11.5. The van der Waals surface area contributed by atoms with Crippen LogP contribution in [0.4, 0.5) is 0 Å².